The quantitative estimate of drug-likeness (QED) is 0.316. The zero-order valence-electron chi connectivity index (χ0n) is 13.0. The van der Waals surface area contributed by atoms with Crippen LogP contribution in [0.2, 0.25) is 0 Å². The van der Waals surface area contributed by atoms with Gasteiger partial charge in [-0.1, -0.05) is 74.9 Å². The summed E-state index contributed by atoms with van der Waals surface area (Å²) in [6.45, 7) is 4.25. The number of hydrogen-bond donors (Lipinski definition) is 0. The molecule has 22 heavy (non-hydrogen) atoms. The van der Waals surface area contributed by atoms with Crippen LogP contribution in [-0.4, -0.2) is 4.40 Å². The second-order valence-corrected chi connectivity index (χ2v) is 5.78. The zero-order valence-corrected chi connectivity index (χ0v) is 13.0. The molecule has 0 amide bonds. The predicted octanol–water partition coefficient (Wildman–Crippen LogP) is 6.25. The lowest BCUT2D eigenvalue weighted by molar-refractivity contribution is 1.09. The van der Waals surface area contributed by atoms with E-state index < -0.39 is 0 Å². The third-order valence-electron chi connectivity index (χ3n) is 4.13. The minimum absolute atomic E-state index is 1.25. The van der Waals surface area contributed by atoms with Crippen LogP contribution >= 0.6 is 0 Å². The molecule has 0 fully saturated rings. The molecular formula is C21H19N. The summed E-state index contributed by atoms with van der Waals surface area (Å²) >= 11 is 0. The number of hydrogen-bond acceptors (Lipinski definition) is 0. The van der Waals surface area contributed by atoms with Gasteiger partial charge in [-0.15, -0.1) is 0 Å². The van der Waals surface area contributed by atoms with Gasteiger partial charge in [0.1, 0.15) is 0 Å². The first-order valence-electron chi connectivity index (χ1n) is 7.98. The minimum Gasteiger partial charge on any atom is -0.308 e. The molecule has 0 aliphatic carbocycles. The molecule has 108 valence electrons. The number of fused-ring (bicyclic) bond motifs is 6. The first-order valence-corrected chi connectivity index (χ1v) is 7.98. The third-order valence-corrected chi connectivity index (χ3v) is 4.13. The molecule has 0 aliphatic rings. The molecule has 2 heterocycles. The van der Waals surface area contributed by atoms with E-state index in [0.29, 0.717) is 0 Å². The minimum atomic E-state index is 1.25. The Balaban J connectivity index is 0.000000389. The van der Waals surface area contributed by atoms with Crippen LogP contribution < -0.4 is 0 Å². The average Bonchev–Trinajstić information content (AvgIpc) is 3.07. The summed E-state index contributed by atoms with van der Waals surface area (Å²) in [5.41, 5.74) is 3.95. The molecule has 5 aromatic rings. The Morgan fingerprint density at radius 2 is 1.00 bits per heavy atom. The van der Waals surface area contributed by atoms with Crippen molar-refractivity contribution in [2.45, 2.75) is 20.3 Å². The van der Waals surface area contributed by atoms with Crippen molar-refractivity contribution in [1.29, 1.82) is 0 Å². The zero-order chi connectivity index (χ0) is 15.1. The van der Waals surface area contributed by atoms with Crippen LogP contribution in [-0.2, 0) is 0 Å². The molecule has 0 aliphatic heterocycles. The van der Waals surface area contributed by atoms with Crippen molar-refractivity contribution in [1.82, 2.24) is 4.40 Å². The van der Waals surface area contributed by atoms with Gasteiger partial charge in [0.15, 0.2) is 0 Å². The smallest absolute Gasteiger partial charge is 0.0620 e. The fourth-order valence-corrected chi connectivity index (χ4v) is 3.38. The Labute approximate surface area is 130 Å². The Bertz CT molecular complexity index is 988. The van der Waals surface area contributed by atoms with Gasteiger partial charge in [-0.05, 0) is 12.1 Å². The van der Waals surface area contributed by atoms with E-state index in [2.05, 4.69) is 85.0 Å². The van der Waals surface area contributed by atoms with Gasteiger partial charge in [-0.3, -0.25) is 0 Å². The standard InChI is InChI=1S/C18H11N.C3H8/c1-3-10-16-12(6-1)14-8-5-9-15-13-7-2-4-11-17(13)19(16)18(14)15;1-3-2/h1-11H;3H2,1-2H3. The Kier molecular flexibility index (Phi) is 3.00. The number of para-hydroxylation sites is 3. The van der Waals surface area contributed by atoms with Crippen molar-refractivity contribution >= 4 is 38.1 Å². The molecule has 0 spiro atoms. The van der Waals surface area contributed by atoms with Gasteiger partial charge >= 0.3 is 0 Å². The van der Waals surface area contributed by atoms with Crippen LogP contribution in [0.25, 0.3) is 38.1 Å². The summed E-state index contributed by atoms with van der Waals surface area (Å²) in [6.07, 6.45) is 1.25. The van der Waals surface area contributed by atoms with Crippen molar-refractivity contribution in [2.24, 2.45) is 0 Å². The molecule has 1 heteroatoms. The first-order chi connectivity index (χ1) is 10.9. The summed E-state index contributed by atoms with van der Waals surface area (Å²) in [6, 6.07) is 23.9. The highest BCUT2D eigenvalue weighted by atomic mass is 14.9. The largest absolute Gasteiger partial charge is 0.308 e. The van der Waals surface area contributed by atoms with Gasteiger partial charge in [0.05, 0.1) is 16.6 Å². The van der Waals surface area contributed by atoms with Crippen LogP contribution in [0.5, 0.6) is 0 Å². The van der Waals surface area contributed by atoms with Crippen molar-refractivity contribution in [2.75, 3.05) is 0 Å². The van der Waals surface area contributed by atoms with Gasteiger partial charge in [0, 0.05) is 21.5 Å². The highest BCUT2D eigenvalue weighted by Gasteiger charge is 2.15. The SMILES string of the molecule is CCC.c1ccc2c(c1)c1cccc3c4ccccc4n2c13. The highest BCUT2D eigenvalue weighted by molar-refractivity contribution is 6.23. The molecule has 0 atom stereocenters. The molecule has 5 rings (SSSR count). The van der Waals surface area contributed by atoms with Crippen molar-refractivity contribution < 1.29 is 0 Å². The lowest BCUT2D eigenvalue weighted by atomic mass is 10.1. The summed E-state index contributed by atoms with van der Waals surface area (Å²) < 4.78 is 2.40. The molecule has 0 radical (unpaired) electrons. The average molecular weight is 285 g/mol. The number of benzene rings is 3. The van der Waals surface area contributed by atoms with E-state index in [4.69, 9.17) is 0 Å². The fourth-order valence-electron chi connectivity index (χ4n) is 3.38. The lowest BCUT2D eigenvalue weighted by Crippen LogP contribution is -1.78. The van der Waals surface area contributed by atoms with Crippen LogP contribution in [0.1, 0.15) is 20.3 Å². The fraction of sp³-hybridized carbons (Fsp3) is 0.143. The van der Waals surface area contributed by atoms with Crippen molar-refractivity contribution in [3.63, 3.8) is 0 Å². The predicted molar refractivity (Wildman–Crippen MR) is 97.1 cm³/mol. The molecule has 0 saturated heterocycles. The molecule has 2 aromatic heterocycles. The topological polar surface area (TPSA) is 4.41 Å². The third kappa shape index (κ3) is 1.66. The Morgan fingerprint density at radius 1 is 0.591 bits per heavy atom. The molecule has 0 unspecified atom stereocenters. The number of nitrogens with zero attached hydrogens (tertiary/aromatic N) is 1. The number of aromatic nitrogens is 1. The normalized spacial score (nSPS) is 11.4. The maximum Gasteiger partial charge on any atom is 0.0620 e. The molecular weight excluding hydrogens is 266 g/mol. The summed E-state index contributed by atoms with van der Waals surface area (Å²) in [4.78, 5) is 0. The first kappa shape index (κ1) is 13.1. The molecule has 0 saturated carbocycles. The maximum absolute atomic E-state index is 2.40. The van der Waals surface area contributed by atoms with E-state index in [1.54, 1.807) is 0 Å². The van der Waals surface area contributed by atoms with Gasteiger partial charge in [-0.2, -0.15) is 0 Å². The van der Waals surface area contributed by atoms with Gasteiger partial charge in [0.2, 0.25) is 0 Å². The van der Waals surface area contributed by atoms with Crippen molar-refractivity contribution in [3.8, 4) is 0 Å². The summed E-state index contributed by atoms with van der Waals surface area (Å²) in [5.74, 6) is 0. The monoisotopic (exact) mass is 285 g/mol. The van der Waals surface area contributed by atoms with Crippen LogP contribution in [0.15, 0.2) is 66.7 Å². The van der Waals surface area contributed by atoms with E-state index >= 15 is 0 Å². The molecule has 0 bridgehead atoms. The molecule has 3 aromatic carbocycles. The lowest BCUT2D eigenvalue weighted by Gasteiger charge is -1.95. The van der Waals surface area contributed by atoms with E-state index in [9.17, 15) is 0 Å². The molecule has 0 N–H and O–H groups in total. The van der Waals surface area contributed by atoms with Gasteiger partial charge < -0.3 is 4.40 Å². The Morgan fingerprint density at radius 3 is 1.50 bits per heavy atom. The van der Waals surface area contributed by atoms with Gasteiger partial charge in [0.25, 0.3) is 0 Å². The summed E-state index contributed by atoms with van der Waals surface area (Å²) in [5, 5.41) is 5.39. The van der Waals surface area contributed by atoms with Crippen LogP contribution in [0.4, 0.5) is 0 Å². The highest BCUT2D eigenvalue weighted by Crippen LogP contribution is 2.38. The van der Waals surface area contributed by atoms with Gasteiger partial charge in [-0.25, -0.2) is 0 Å². The van der Waals surface area contributed by atoms with Crippen molar-refractivity contribution in [3.05, 3.63) is 66.7 Å². The van der Waals surface area contributed by atoms with Crippen LogP contribution in [0, 0.1) is 0 Å². The molecule has 1 nitrogen and oxygen atoms in total. The van der Waals surface area contributed by atoms with E-state index in [-0.39, 0.29) is 0 Å². The van der Waals surface area contributed by atoms with E-state index in [1.165, 1.54) is 44.5 Å². The second kappa shape index (κ2) is 5.03. The summed E-state index contributed by atoms with van der Waals surface area (Å²) in [7, 11) is 0. The van der Waals surface area contributed by atoms with Crippen LogP contribution in [0.3, 0.4) is 0 Å². The second-order valence-electron chi connectivity index (χ2n) is 5.78. The van der Waals surface area contributed by atoms with E-state index in [1.807, 2.05) is 0 Å². The number of rotatable bonds is 0. The Hall–Kier alpha value is -2.54. The van der Waals surface area contributed by atoms with E-state index in [0.717, 1.165) is 0 Å². The maximum atomic E-state index is 2.40.